The van der Waals surface area contributed by atoms with Crippen LogP contribution >= 0.6 is 0 Å². The molecule has 0 radical (unpaired) electrons. The molecule has 0 fully saturated rings. The van der Waals surface area contributed by atoms with Crippen LogP contribution in [0.2, 0.25) is 0 Å². The molecular weight excluding hydrogens is 326 g/mol. The molecule has 1 aliphatic rings. The van der Waals surface area contributed by atoms with Crippen LogP contribution in [-0.4, -0.2) is 30.0 Å². The van der Waals surface area contributed by atoms with Crippen molar-refractivity contribution in [1.82, 2.24) is 9.97 Å². The number of aromatic nitrogens is 2. The number of fused-ring (bicyclic) bond motifs is 1. The molecule has 1 aromatic carbocycles. The van der Waals surface area contributed by atoms with Gasteiger partial charge in [0, 0.05) is 11.3 Å². The van der Waals surface area contributed by atoms with E-state index in [1.807, 2.05) is 0 Å². The van der Waals surface area contributed by atoms with Crippen LogP contribution in [0.1, 0.15) is 30.2 Å². The highest BCUT2D eigenvalue weighted by atomic mass is 32.2. The summed E-state index contributed by atoms with van der Waals surface area (Å²) < 4.78 is 23.6. The minimum atomic E-state index is -3.22. The van der Waals surface area contributed by atoms with Crippen LogP contribution in [0.5, 0.6) is 0 Å². The molecule has 7 heteroatoms. The van der Waals surface area contributed by atoms with Crippen molar-refractivity contribution in [2.45, 2.75) is 37.5 Å². The van der Waals surface area contributed by atoms with Crippen LogP contribution < -0.4 is 5.32 Å². The van der Waals surface area contributed by atoms with Crippen molar-refractivity contribution in [3.63, 3.8) is 0 Å². The predicted molar refractivity (Wildman–Crippen MR) is 90.6 cm³/mol. The Morgan fingerprint density at radius 1 is 1.17 bits per heavy atom. The summed E-state index contributed by atoms with van der Waals surface area (Å²) in [5, 5.41) is 2.84. The molecule has 0 aliphatic heterocycles. The number of carbonyl (C=O) groups is 1. The molecule has 0 atom stereocenters. The standard InChI is InChI=1S/C17H19N3O3S/c1-2-24(22,23)13-8-6-12(7-9-13)10-16(21)20-17-14-4-3-5-15(14)18-11-19-17/h6-9,11H,2-5,10H2,1H3,(H,18,19,20,21). The average Bonchev–Trinajstić information content (AvgIpc) is 3.05. The zero-order chi connectivity index (χ0) is 17.2. The van der Waals surface area contributed by atoms with Gasteiger partial charge < -0.3 is 5.32 Å². The van der Waals surface area contributed by atoms with Gasteiger partial charge in [-0.2, -0.15) is 0 Å². The van der Waals surface area contributed by atoms with E-state index in [9.17, 15) is 13.2 Å². The molecule has 0 unspecified atom stereocenters. The third-order valence-corrected chi connectivity index (χ3v) is 5.91. The molecule has 1 aliphatic carbocycles. The van der Waals surface area contributed by atoms with Crippen molar-refractivity contribution in [2.24, 2.45) is 0 Å². The molecule has 2 aromatic rings. The van der Waals surface area contributed by atoms with E-state index in [-0.39, 0.29) is 23.0 Å². The first-order chi connectivity index (χ1) is 11.5. The lowest BCUT2D eigenvalue weighted by Gasteiger charge is -2.09. The van der Waals surface area contributed by atoms with Gasteiger partial charge >= 0.3 is 0 Å². The molecule has 1 heterocycles. The Balaban J connectivity index is 1.69. The molecule has 0 spiro atoms. The molecule has 1 amide bonds. The largest absolute Gasteiger partial charge is 0.310 e. The summed E-state index contributed by atoms with van der Waals surface area (Å²) in [5.41, 5.74) is 2.79. The maximum Gasteiger partial charge on any atom is 0.229 e. The van der Waals surface area contributed by atoms with Crippen molar-refractivity contribution in [3.05, 3.63) is 47.4 Å². The van der Waals surface area contributed by atoms with Gasteiger partial charge in [0.1, 0.15) is 12.1 Å². The Kier molecular flexibility index (Phi) is 4.62. The number of carbonyl (C=O) groups excluding carboxylic acids is 1. The van der Waals surface area contributed by atoms with Crippen LogP contribution in [0.15, 0.2) is 35.5 Å². The molecule has 1 aromatic heterocycles. The monoisotopic (exact) mass is 345 g/mol. The fraction of sp³-hybridized carbons (Fsp3) is 0.353. The average molecular weight is 345 g/mol. The summed E-state index contributed by atoms with van der Waals surface area (Å²) in [4.78, 5) is 20.9. The van der Waals surface area contributed by atoms with E-state index in [1.54, 1.807) is 31.2 Å². The summed E-state index contributed by atoms with van der Waals surface area (Å²) in [7, 11) is -3.22. The van der Waals surface area contributed by atoms with E-state index >= 15 is 0 Å². The highest BCUT2D eigenvalue weighted by Crippen LogP contribution is 2.25. The van der Waals surface area contributed by atoms with E-state index < -0.39 is 9.84 Å². The van der Waals surface area contributed by atoms with Crippen molar-refractivity contribution in [2.75, 3.05) is 11.1 Å². The zero-order valence-electron chi connectivity index (χ0n) is 13.4. The summed E-state index contributed by atoms with van der Waals surface area (Å²) >= 11 is 0. The Bertz CT molecular complexity index is 861. The molecule has 0 bridgehead atoms. The highest BCUT2D eigenvalue weighted by molar-refractivity contribution is 7.91. The number of nitrogens with zero attached hydrogens (tertiary/aromatic N) is 2. The van der Waals surface area contributed by atoms with Gasteiger partial charge in [-0.15, -0.1) is 0 Å². The number of rotatable bonds is 5. The molecule has 3 rings (SSSR count). The van der Waals surface area contributed by atoms with Crippen LogP contribution in [0.4, 0.5) is 5.82 Å². The molecule has 0 saturated carbocycles. The van der Waals surface area contributed by atoms with Gasteiger partial charge in [0.05, 0.1) is 17.1 Å². The molecular formula is C17H19N3O3S. The molecule has 126 valence electrons. The molecule has 24 heavy (non-hydrogen) atoms. The van der Waals surface area contributed by atoms with Gasteiger partial charge in [0.15, 0.2) is 9.84 Å². The topological polar surface area (TPSA) is 89.0 Å². The van der Waals surface area contributed by atoms with Gasteiger partial charge in [-0.25, -0.2) is 18.4 Å². The lowest BCUT2D eigenvalue weighted by molar-refractivity contribution is -0.115. The van der Waals surface area contributed by atoms with Crippen LogP contribution in [-0.2, 0) is 33.9 Å². The van der Waals surface area contributed by atoms with Gasteiger partial charge in [-0.3, -0.25) is 4.79 Å². The summed E-state index contributed by atoms with van der Waals surface area (Å²) in [6.07, 6.45) is 4.49. The number of benzene rings is 1. The number of anilines is 1. The summed E-state index contributed by atoms with van der Waals surface area (Å²) in [5.74, 6) is 0.479. The maximum absolute atomic E-state index is 12.2. The second-order valence-corrected chi connectivity index (χ2v) is 8.05. The number of aryl methyl sites for hydroxylation is 1. The number of hydrogen-bond donors (Lipinski definition) is 1. The molecule has 6 nitrogen and oxygen atoms in total. The van der Waals surface area contributed by atoms with Crippen molar-refractivity contribution >= 4 is 21.6 Å². The van der Waals surface area contributed by atoms with Crippen LogP contribution in [0, 0.1) is 0 Å². The number of nitrogens with one attached hydrogen (secondary N) is 1. The van der Waals surface area contributed by atoms with Crippen molar-refractivity contribution in [1.29, 1.82) is 0 Å². The lowest BCUT2D eigenvalue weighted by Crippen LogP contribution is -2.17. The first kappa shape index (κ1) is 16.6. The smallest absolute Gasteiger partial charge is 0.229 e. The van der Waals surface area contributed by atoms with Gasteiger partial charge in [-0.05, 0) is 37.0 Å². The highest BCUT2D eigenvalue weighted by Gasteiger charge is 2.18. The van der Waals surface area contributed by atoms with Gasteiger partial charge in [0.2, 0.25) is 5.91 Å². The first-order valence-corrected chi connectivity index (χ1v) is 9.59. The summed E-state index contributed by atoms with van der Waals surface area (Å²) in [6, 6.07) is 6.44. The minimum absolute atomic E-state index is 0.0612. The lowest BCUT2D eigenvalue weighted by atomic mass is 10.1. The van der Waals surface area contributed by atoms with E-state index in [4.69, 9.17) is 0 Å². The van der Waals surface area contributed by atoms with E-state index in [1.165, 1.54) is 6.33 Å². The fourth-order valence-electron chi connectivity index (χ4n) is 2.81. The third-order valence-electron chi connectivity index (χ3n) is 4.16. The zero-order valence-corrected chi connectivity index (χ0v) is 14.3. The SMILES string of the molecule is CCS(=O)(=O)c1ccc(CC(=O)Nc2ncnc3c2CCC3)cc1. The first-order valence-electron chi connectivity index (χ1n) is 7.94. The Labute approximate surface area is 141 Å². The third kappa shape index (κ3) is 3.46. The van der Waals surface area contributed by atoms with Gasteiger partial charge in [-0.1, -0.05) is 19.1 Å². The quantitative estimate of drug-likeness (QED) is 0.894. The number of amides is 1. The second-order valence-electron chi connectivity index (χ2n) is 5.77. The van der Waals surface area contributed by atoms with Gasteiger partial charge in [0.25, 0.3) is 0 Å². The van der Waals surface area contributed by atoms with Crippen LogP contribution in [0.3, 0.4) is 0 Å². The second kappa shape index (κ2) is 6.68. The Morgan fingerprint density at radius 2 is 1.92 bits per heavy atom. The van der Waals surface area contributed by atoms with E-state index in [0.717, 1.165) is 36.1 Å². The maximum atomic E-state index is 12.2. The van der Waals surface area contributed by atoms with E-state index in [2.05, 4.69) is 15.3 Å². The molecule has 1 N–H and O–H groups in total. The predicted octanol–water partition coefficient (Wildman–Crippen LogP) is 1.94. The van der Waals surface area contributed by atoms with E-state index in [0.29, 0.717) is 5.82 Å². The number of sulfone groups is 1. The Hall–Kier alpha value is -2.28. The van der Waals surface area contributed by atoms with Crippen LogP contribution in [0.25, 0.3) is 0 Å². The number of hydrogen-bond acceptors (Lipinski definition) is 5. The normalized spacial score (nSPS) is 13.5. The summed E-state index contributed by atoms with van der Waals surface area (Å²) in [6.45, 7) is 1.61. The molecule has 0 saturated heterocycles. The fourth-order valence-corrected chi connectivity index (χ4v) is 3.69. The minimum Gasteiger partial charge on any atom is -0.310 e. The Morgan fingerprint density at radius 3 is 2.62 bits per heavy atom. The van der Waals surface area contributed by atoms with Crippen molar-refractivity contribution in [3.8, 4) is 0 Å². The van der Waals surface area contributed by atoms with Crippen molar-refractivity contribution < 1.29 is 13.2 Å².